The molecule has 0 atom stereocenters. The molecule has 0 aliphatic heterocycles. The summed E-state index contributed by atoms with van der Waals surface area (Å²) in [5, 5.41) is 12.4. The van der Waals surface area contributed by atoms with Crippen LogP contribution < -0.4 is 5.32 Å². The third kappa shape index (κ3) is 5.54. The molecule has 0 saturated heterocycles. The van der Waals surface area contributed by atoms with Gasteiger partial charge in [-0.3, -0.25) is 4.79 Å². The van der Waals surface area contributed by atoms with Gasteiger partial charge >= 0.3 is 0 Å². The minimum absolute atomic E-state index is 0.0618. The lowest BCUT2D eigenvalue weighted by atomic mass is 10.1. The molecule has 0 aliphatic rings. The normalized spacial score (nSPS) is 11.2. The number of amides is 1. The van der Waals surface area contributed by atoms with E-state index in [1.807, 2.05) is 13.0 Å². The van der Waals surface area contributed by atoms with Crippen LogP contribution in [0.5, 0.6) is 0 Å². The number of rotatable bonds is 7. The van der Waals surface area contributed by atoms with E-state index in [1.165, 1.54) is 12.1 Å². The monoisotopic (exact) mass is 467 g/mol. The van der Waals surface area contributed by atoms with Gasteiger partial charge in [0.25, 0.3) is 0 Å². The Morgan fingerprint density at radius 3 is 2.44 bits per heavy atom. The van der Waals surface area contributed by atoms with E-state index < -0.39 is 22.5 Å². The maximum absolute atomic E-state index is 13.4. The number of carbonyl (C=O) groups is 1. The van der Waals surface area contributed by atoms with Crippen LogP contribution in [0.4, 0.5) is 5.69 Å². The Balaban J connectivity index is 1.92. The van der Waals surface area contributed by atoms with Crippen LogP contribution in [0.1, 0.15) is 22.3 Å². The number of nitrogens with one attached hydrogen (secondary N) is 1. The molecule has 164 valence electrons. The summed E-state index contributed by atoms with van der Waals surface area (Å²) in [6.45, 7) is 3.17. The van der Waals surface area contributed by atoms with E-state index in [-0.39, 0.29) is 11.4 Å². The minimum Gasteiger partial charge on any atom is -0.325 e. The molecule has 0 unspecified atom stereocenters. The highest BCUT2D eigenvalue weighted by Crippen LogP contribution is 2.24. The summed E-state index contributed by atoms with van der Waals surface area (Å²) in [6, 6.07) is 20.3. The number of nitriles is 1. The predicted octanol–water partition coefficient (Wildman–Crippen LogP) is 4.66. The van der Waals surface area contributed by atoms with Crippen LogP contribution in [0, 0.1) is 25.2 Å². The SMILES string of the molecule is Cc1ccc(S(=O)(=O)N(CC(=O)Nc2cccc(Cl)c2C)Cc2cccc(C#N)c2)cc1. The number of anilines is 1. The highest BCUT2D eigenvalue weighted by atomic mass is 35.5. The van der Waals surface area contributed by atoms with Crippen molar-refractivity contribution in [3.05, 3.63) is 94.0 Å². The molecule has 3 aromatic carbocycles. The van der Waals surface area contributed by atoms with Gasteiger partial charge in [-0.2, -0.15) is 9.57 Å². The fourth-order valence-electron chi connectivity index (χ4n) is 3.12. The van der Waals surface area contributed by atoms with Crippen LogP contribution in [-0.2, 0) is 21.4 Å². The van der Waals surface area contributed by atoms with Crippen LogP contribution in [0.15, 0.2) is 71.6 Å². The van der Waals surface area contributed by atoms with Gasteiger partial charge in [0.05, 0.1) is 23.1 Å². The van der Waals surface area contributed by atoms with E-state index in [9.17, 15) is 13.2 Å². The van der Waals surface area contributed by atoms with E-state index >= 15 is 0 Å². The molecule has 0 fully saturated rings. The fraction of sp³-hybridized carbons (Fsp3) is 0.167. The van der Waals surface area contributed by atoms with Gasteiger partial charge < -0.3 is 5.32 Å². The number of hydrogen-bond acceptors (Lipinski definition) is 4. The first-order valence-corrected chi connectivity index (χ1v) is 11.6. The zero-order valence-corrected chi connectivity index (χ0v) is 19.2. The van der Waals surface area contributed by atoms with Gasteiger partial charge in [-0.15, -0.1) is 0 Å². The molecule has 6 nitrogen and oxygen atoms in total. The van der Waals surface area contributed by atoms with E-state index in [1.54, 1.807) is 61.5 Å². The van der Waals surface area contributed by atoms with Gasteiger partial charge in [0, 0.05) is 17.3 Å². The maximum atomic E-state index is 13.4. The van der Waals surface area contributed by atoms with E-state index in [2.05, 4.69) is 5.32 Å². The third-order valence-corrected chi connectivity index (χ3v) is 7.15. The molecular formula is C24H22ClN3O3S. The molecule has 8 heteroatoms. The minimum atomic E-state index is -3.98. The molecule has 3 rings (SSSR count). The Morgan fingerprint density at radius 2 is 1.75 bits per heavy atom. The average Bonchev–Trinajstić information content (AvgIpc) is 2.77. The second-order valence-corrected chi connectivity index (χ2v) is 9.70. The zero-order chi connectivity index (χ0) is 23.3. The summed E-state index contributed by atoms with van der Waals surface area (Å²) in [5.74, 6) is -0.498. The van der Waals surface area contributed by atoms with Crippen LogP contribution in [-0.4, -0.2) is 25.2 Å². The molecule has 0 heterocycles. The molecule has 0 saturated carbocycles. The number of halogens is 1. The predicted molar refractivity (Wildman–Crippen MR) is 125 cm³/mol. The number of hydrogen-bond donors (Lipinski definition) is 1. The number of aryl methyl sites for hydroxylation is 1. The smallest absolute Gasteiger partial charge is 0.243 e. The van der Waals surface area contributed by atoms with Crippen LogP contribution in [0.25, 0.3) is 0 Å². The van der Waals surface area contributed by atoms with Crippen molar-refractivity contribution < 1.29 is 13.2 Å². The average molecular weight is 468 g/mol. The largest absolute Gasteiger partial charge is 0.325 e. The standard InChI is InChI=1S/C24H22ClN3O3S/c1-17-9-11-21(12-10-17)32(30,31)28(15-20-6-3-5-19(13-20)14-26)16-24(29)27-23-8-4-7-22(25)18(23)2/h3-13H,15-16H2,1-2H3,(H,27,29). The van der Waals surface area contributed by atoms with Crippen molar-refractivity contribution in [1.82, 2.24) is 4.31 Å². The lowest BCUT2D eigenvalue weighted by Crippen LogP contribution is -2.37. The number of nitrogens with zero attached hydrogens (tertiary/aromatic N) is 2. The van der Waals surface area contributed by atoms with Gasteiger partial charge in [0.15, 0.2) is 0 Å². The first kappa shape index (κ1) is 23.5. The van der Waals surface area contributed by atoms with Crippen molar-refractivity contribution in [2.75, 3.05) is 11.9 Å². The van der Waals surface area contributed by atoms with Crippen molar-refractivity contribution in [1.29, 1.82) is 5.26 Å². The van der Waals surface area contributed by atoms with Gasteiger partial charge in [-0.25, -0.2) is 8.42 Å². The van der Waals surface area contributed by atoms with Crippen molar-refractivity contribution in [3.8, 4) is 6.07 Å². The van der Waals surface area contributed by atoms with Crippen LogP contribution in [0.3, 0.4) is 0 Å². The molecule has 0 spiro atoms. The summed E-state index contributed by atoms with van der Waals surface area (Å²) in [7, 11) is -3.98. The summed E-state index contributed by atoms with van der Waals surface area (Å²) < 4.78 is 27.8. The molecule has 3 aromatic rings. The summed E-state index contributed by atoms with van der Waals surface area (Å²) in [4.78, 5) is 12.9. The first-order chi connectivity index (χ1) is 15.2. The lowest BCUT2D eigenvalue weighted by molar-refractivity contribution is -0.116. The highest BCUT2D eigenvalue weighted by Gasteiger charge is 2.27. The van der Waals surface area contributed by atoms with E-state index in [4.69, 9.17) is 16.9 Å². The quantitative estimate of drug-likeness (QED) is 0.547. The Kier molecular flexibility index (Phi) is 7.31. The number of sulfonamides is 1. The molecular weight excluding hydrogens is 446 g/mol. The second kappa shape index (κ2) is 9.96. The third-order valence-electron chi connectivity index (χ3n) is 4.94. The Hall–Kier alpha value is -3.18. The Morgan fingerprint density at radius 1 is 1.06 bits per heavy atom. The highest BCUT2D eigenvalue weighted by molar-refractivity contribution is 7.89. The molecule has 0 aliphatic carbocycles. The van der Waals surface area contributed by atoms with Crippen LogP contribution >= 0.6 is 11.6 Å². The maximum Gasteiger partial charge on any atom is 0.243 e. The Bertz CT molecular complexity index is 1280. The van der Waals surface area contributed by atoms with Crippen molar-refractivity contribution in [2.24, 2.45) is 0 Å². The summed E-state index contributed by atoms with van der Waals surface area (Å²) >= 11 is 6.12. The fourth-order valence-corrected chi connectivity index (χ4v) is 4.68. The molecule has 0 bridgehead atoms. The second-order valence-electron chi connectivity index (χ2n) is 7.36. The zero-order valence-electron chi connectivity index (χ0n) is 17.7. The number of benzene rings is 3. The molecule has 1 amide bonds. The van der Waals surface area contributed by atoms with Gasteiger partial charge in [0.2, 0.25) is 15.9 Å². The molecule has 0 aromatic heterocycles. The van der Waals surface area contributed by atoms with Crippen molar-refractivity contribution >= 4 is 33.2 Å². The topological polar surface area (TPSA) is 90.3 Å². The van der Waals surface area contributed by atoms with E-state index in [0.29, 0.717) is 27.4 Å². The van der Waals surface area contributed by atoms with Gasteiger partial charge in [-0.1, -0.05) is 47.5 Å². The summed E-state index contributed by atoms with van der Waals surface area (Å²) in [6.07, 6.45) is 0. The molecule has 32 heavy (non-hydrogen) atoms. The summed E-state index contributed by atoms with van der Waals surface area (Å²) in [5.41, 5.74) is 3.14. The molecule has 1 N–H and O–H groups in total. The van der Waals surface area contributed by atoms with Crippen molar-refractivity contribution in [2.45, 2.75) is 25.3 Å². The Labute approximate surface area is 193 Å². The first-order valence-electron chi connectivity index (χ1n) is 9.81. The van der Waals surface area contributed by atoms with Crippen molar-refractivity contribution in [3.63, 3.8) is 0 Å². The molecule has 0 radical (unpaired) electrons. The van der Waals surface area contributed by atoms with Gasteiger partial charge in [-0.05, 0) is 61.4 Å². The van der Waals surface area contributed by atoms with Gasteiger partial charge in [0.1, 0.15) is 0 Å². The van der Waals surface area contributed by atoms with E-state index in [0.717, 1.165) is 9.87 Å². The number of carbonyl (C=O) groups excluding carboxylic acids is 1. The lowest BCUT2D eigenvalue weighted by Gasteiger charge is -2.22. The van der Waals surface area contributed by atoms with Crippen LogP contribution in [0.2, 0.25) is 5.02 Å².